The van der Waals surface area contributed by atoms with Crippen molar-refractivity contribution in [2.45, 2.75) is 90.1 Å². The van der Waals surface area contributed by atoms with Crippen LogP contribution in [-0.2, 0) is 43.6 Å². The number of nitrogens with two attached hydrogens (primary N) is 2. The number of carbonyl (C=O) groups excluding carboxylic acids is 4. The minimum atomic E-state index is -0.854. The molecule has 1 atom stereocenters. The first kappa shape index (κ1) is 48.8. The number of carbonyl (C=O) groups is 4. The number of halogens is 1. The number of hydrogen-bond acceptors (Lipinski definition) is 8. The summed E-state index contributed by atoms with van der Waals surface area (Å²) in [6.45, 7) is 2.66. The Hall–Kier alpha value is -5.34. The van der Waals surface area contributed by atoms with Gasteiger partial charge in [-0.15, -0.1) is 12.4 Å². The third kappa shape index (κ3) is 23.0. The minimum Gasteiger partial charge on any atom is -0.445 e. The molecule has 318 valence electrons. The topological polar surface area (TPSA) is 200 Å². The van der Waals surface area contributed by atoms with Crippen LogP contribution in [0.5, 0.6) is 0 Å². The number of alkyl carbamates (subject to hydrolysis) is 1. The largest absolute Gasteiger partial charge is 0.445 e. The van der Waals surface area contributed by atoms with Gasteiger partial charge in [-0.05, 0) is 48.8 Å². The first-order valence-corrected chi connectivity index (χ1v) is 19.9. The van der Waals surface area contributed by atoms with Crippen LogP contribution in [0.25, 0.3) is 0 Å². The maximum absolute atomic E-state index is 13.3. The van der Waals surface area contributed by atoms with E-state index >= 15 is 0 Å². The first-order chi connectivity index (χ1) is 27.8. The van der Waals surface area contributed by atoms with E-state index in [1.807, 2.05) is 91.0 Å². The summed E-state index contributed by atoms with van der Waals surface area (Å²) in [7, 11) is 0. The first-order valence-electron chi connectivity index (χ1n) is 19.9. The number of rotatable bonds is 28. The van der Waals surface area contributed by atoms with E-state index in [0.717, 1.165) is 55.2 Å². The summed E-state index contributed by atoms with van der Waals surface area (Å²) in [5.41, 5.74) is 13.4. The summed E-state index contributed by atoms with van der Waals surface area (Å²) in [4.78, 5) is 57.0. The second kappa shape index (κ2) is 30.8. The SMILES string of the molecule is Cl.NC(N)=NCCCCCCCCC(=O)N[C@@H](COCc1ccccc1)C(=O)NCCCCN(CCCNC(=O)OCc1ccccc1)C(=O)OCc1ccccc1. The Labute approximate surface area is 349 Å². The van der Waals surface area contributed by atoms with Crippen LogP contribution >= 0.6 is 12.4 Å². The molecule has 3 rings (SSSR count). The third-order valence-corrected chi connectivity index (χ3v) is 8.86. The second-order valence-electron chi connectivity index (χ2n) is 13.7. The number of unbranched alkanes of at least 4 members (excludes halogenated alkanes) is 6. The highest BCUT2D eigenvalue weighted by Gasteiger charge is 2.21. The van der Waals surface area contributed by atoms with E-state index in [0.29, 0.717) is 65.0 Å². The van der Waals surface area contributed by atoms with Crippen molar-refractivity contribution in [2.75, 3.05) is 39.3 Å². The van der Waals surface area contributed by atoms with Gasteiger partial charge in [0.15, 0.2) is 5.96 Å². The summed E-state index contributed by atoms with van der Waals surface area (Å²) < 4.78 is 16.7. The summed E-state index contributed by atoms with van der Waals surface area (Å²) in [6, 6.07) is 27.6. The van der Waals surface area contributed by atoms with Crippen molar-refractivity contribution in [1.82, 2.24) is 20.9 Å². The molecule has 0 aliphatic carbocycles. The van der Waals surface area contributed by atoms with Crippen molar-refractivity contribution < 1.29 is 33.4 Å². The van der Waals surface area contributed by atoms with Crippen LogP contribution < -0.4 is 27.4 Å². The smallest absolute Gasteiger partial charge is 0.410 e. The van der Waals surface area contributed by atoms with Crippen LogP contribution in [0.2, 0.25) is 0 Å². The number of nitrogens with zero attached hydrogens (tertiary/aromatic N) is 2. The molecule has 3 aromatic rings. The molecular weight excluding hydrogens is 762 g/mol. The van der Waals surface area contributed by atoms with Crippen LogP contribution in [0.15, 0.2) is 96.0 Å². The summed E-state index contributed by atoms with van der Waals surface area (Å²) in [5.74, 6) is -0.422. The molecule has 15 heteroatoms. The Balaban J connectivity index is 0.0000116. The Morgan fingerprint density at radius 2 is 1.16 bits per heavy atom. The Morgan fingerprint density at radius 1 is 0.621 bits per heavy atom. The van der Waals surface area contributed by atoms with Crippen molar-refractivity contribution >= 4 is 42.4 Å². The van der Waals surface area contributed by atoms with Crippen molar-refractivity contribution in [3.8, 4) is 0 Å². The van der Waals surface area contributed by atoms with E-state index in [-0.39, 0.29) is 50.0 Å². The van der Waals surface area contributed by atoms with Crippen molar-refractivity contribution in [2.24, 2.45) is 16.5 Å². The average molecular weight is 824 g/mol. The zero-order chi connectivity index (χ0) is 40.8. The maximum atomic E-state index is 13.3. The highest BCUT2D eigenvalue weighted by atomic mass is 35.5. The lowest BCUT2D eigenvalue weighted by Gasteiger charge is -2.23. The molecule has 0 saturated heterocycles. The van der Waals surface area contributed by atoms with Gasteiger partial charge >= 0.3 is 12.2 Å². The molecule has 3 aromatic carbocycles. The molecule has 0 bridgehead atoms. The molecule has 0 saturated carbocycles. The van der Waals surface area contributed by atoms with Crippen molar-refractivity contribution in [3.05, 3.63) is 108 Å². The van der Waals surface area contributed by atoms with E-state index in [9.17, 15) is 19.2 Å². The minimum absolute atomic E-state index is 0. The van der Waals surface area contributed by atoms with E-state index < -0.39 is 18.2 Å². The van der Waals surface area contributed by atoms with Crippen LogP contribution in [0.4, 0.5) is 9.59 Å². The van der Waals surface area contributed by atoms with Gasteiger partial charge in [0.1, 0.15) is 19.3 Å². The van der Waals surface area contributed by atoms with Gasteiger partial charge in [-0.25, -0.2) is 9.59 Å². The van der Waals surface area contributed by atoms with Gasteiger partial charge in [0.25, 0.3) is 0 Å². The van der Waals surface area contributed by atoms with E-state index in [4.69, 9.17) is 25.7 Å². The van der Waals surface area contributed by atoms with Crippen LogP contribution in [0, 0.1) is 0 Å². The van der Waals surface area contributed by atoms with E-state index in [2.05, 4.69) is 20.9 Å². The monoisotopic (exact) mass is 823 g/mol. The summed E-state index contributed by atoms with van der Waals surface area (Å²) in [6.07, 6.45) is 6.59. The highest BCUT2D eigenvalue weighted by molar-refractivity contribution is 5.87. The maximum Gasteiger partial charge on any atom is 0.410 e. The zero-order valence-electron chi connectivity index (χ0n) is 33.5. The van der Waals surface area contributed by atoms with Crippen LogP contribution in [0.3, 0.4) is 0 Å². The quantitative estimate of drug-likeness (QED) is 0.0333. The number of ether oxygens (including phenoxy) is 3. The number of nitrogens with one attached hydrogen (secondary N) is 3. The fourth-order valence-electron chi connectivity index (χ4n) is 5.73. The fraction of sp³-hybridized carbons (Fsp3) is 0.465. The van der Waals surface area contributed by atoms with Gasteiger partial charge in [-0.1, -0.05) is 117 Å². The number of hydrogen-bond donors (Lipinski definition) is 5. The molecular formula is C43H62ClN7O7. The summed E-state index contributed by atoms with van der Waals surface area (Å²) >= 11 is 0. The predicted molar refractivity (Wildman–Crippen MR) is 228 cm³/mol. The Morgan fingerprint density at radius 3 is 1.78 bits per heavy atom. The molecule has 4 amide bonds. The van der Waals surface area contributed by atoms with Crippen molar-refractivity contribution in [1.29, 1.82) is 0 Å². The predicted octanol–water partition coefficient (Wildman–Crippen LogP) is 5.97. The van der Waals surface area contributed by atoms with Gasteiger partial charge in [0.2, 0.25) is 11.8 Å². The summed E-state index contributed by atoms with van der Waals surface area (Å²) in [5, 5.41) is 8.52. The molecule has 0 aromatic heterocycles. The molecule has 14 nitrogen and oxygen atoms in total. The number of benzene rings is 3. The van der Waals surface area contributed by atoms with E-state index in [1.54, 1.807) is 4.90 Å². The van der Waals surface area contributed by atoms with Crippen LogP contribution in [0.1, 0.15) is 80.9 Å². The molecule has 7 N–H and O–H groups in total. The lowest BCUT2D eigenvalue weighted by atomic mass is 10.1. The number of amides is 4. The number of guanidine groups is 1. The lowest BCUT2D eigenvalue weighted by molar-refractivity contribution is -0.130. The Kier molecular flexibility index (Phi) is 25.9. The van der Waals surface area contributed by atoms with Gasteiger partial charge < -0.3 is 46.5 Å². The van der Waals surface area contributed by atoms with Gasteiger partial charge in [-0.2, -0.15) is 0 Å². The molecule has 0 unspecified atom stereocenters. The second-order valence-corrected chi connectivity index (χ2v) is 13.7. The fourth-order valence-corrected chi connectivity index (χ4v) is 5.73. The molecule has 0 radical (unpaired) electrons. The van der Waals surface area contributed by atoms with Gasteiger partial charge in [-0.3, -0.25) is 14.6 Å². The molecule has 0 heterocycles. The number of aliphatic imine (C=N–C) groups is 1. The Bertz CT molecular complexity index is 1600. The molecule has 58 heavy (non-hydrogen) atoms. The third-order valence-electron chi connectivity index (χ3n) is 8.86. The van der Waals surface area contributed by atoms with Crippen LogP contribution in [-0.4, -0.2) is 80.2 Å². The zero-order valence-corrected chi connectivity index (χ0v) is 34.3. The standard InChI is InChI=1S/C43H61N7O7.ClH/c44-41(45)47-27-15-4-2-1-3-14-25-39(51)49-38(34-55-31-35-19-8-5-9-20-35)40(52)46-26-16-17-29-50(43(54)57-33-37-23-12-7-13-24-37)30-18-28-48-42(53)56-32-36-21-10-6-11-22-36;/h5-13,19-24,38H,1-4,14-18,25-34H2,(H,46,52)(H,48,53)(H,49,51)(H4,44,45,47);1H/t38-;/m0./s1. The average Bonchev–Trinajstić information content (AvgIpc) is 3.22. The molecule has 0 aliphatic rings. The highest BCUT2D eigenvalue weighted by Crippen LogP contribution is 2.09. The van der Waals surface area contributed by atoms with Gasteiger partial charge in [0, 0.05) is 39.1 Å². The van der Waals surface area contributed by atoms with Gasteiger partial charge in [0.05, 0.1) is 13.2 Å². The molecule has 0 aliphatic heterocycles. The molecule has 0 spiro atoms. The normalized spacial score (nSPS) is 11.0. The lowest BCUT2D eigenvalue weighted by Crippen LogP contribution is -2.49. The van der Waals surface area contributed by atoms with E-state index in [1.165, 1.54) is 0 Å². The van der Waals surface area contributed by atoms with Crippen molar-refractivity contribution in [3.63, 3.8) is 0 Å². The molecule has 0 fully saturated rings.